The summed E-state index contributed by atoms with van der Waals surface area (Å²) < 4.78 is 18.0. The molecule has 15 N–H and O–H groups in total. The van der Waals surface area contributed by atoms with Crippen LogP contribution in [-0.4, -0.2) is 193 Å². The summed E-state index contributed by atoms with van der Waals surface area (Å²) in [5, 5.41) is 43.9. The molecule has 12 atom stereocenters. The lowest BCUT2D eigenvalue weighted by atomic mass is 9.96. The van der Waals surface area contributed by atoms with Crippen LogP contribution in [0.3, 0.4) is 0 Å². The number of nitrogens with two attached hydrogens (primary N) is 1. The number of carboxylic acid groups (broad SMARTS) is 2. The van der Waals surface area contributed by atoms with Crippen molar-refractivity contribution in [3.63, 3.8) is 0 Å². The van der Waals surface area contributed by atoms with E-state index in [0.29, 0.717) is 27.6 Å². The van der Waals surface area contributed by atoms with Gasteiger partial charge in [-0.3, -0.25) is 67.7 Å². The number of benzene rings is 2. The van der Waals surface area contributed by atoms with E-state index >= 15 is 9.59 Å². The first-order valence-corrected chi connectivity index (χ1v) is 37.5. The van der Waals surface area contributed by atoms with Crippen molar-refractivity contribution in [1.29, 1.82) is 0 Å². The molecule has 0 aliphatic carbocycles. The topological polar surface area (TPSA) is 483 Å². The van der Waals surface area contributed by atoms with E-state index < -0.39 is 192 Å². The second kappa shape index (κ2) is 43.8. The van der Waals surface area contributed by atoms with Crippen molar-refractivity contribution in [2.45, 2.75) is 271 Å². The fraction of sp³-hybridized carbons (Fsp3) is 0.577. The van der Waals surface area contributed by atoms with E-state index in [4.69, 9.17) is 19.9 Å². The third kappa shape index (κ3) is 33.4. The molecule has 0 saturated carbocycles. The summed E-state index contributed by atoms with van der Waals surface area (Å²) in [6.45, 7) is 26.0. The zero-order chi connectivity index (χ0) is 83.3. The van der Waals surface area contributed by atoms with Crippen LogP contribution < -0.4 is 64.4 Å². The maximum Gasteiger partial charge on any atom is 0.419 e. The Bertz CT molecular complexity index is 3830. The molecular weight excluding hydrogens is 1440 g/mol. The molecule has 33 nitrogen and oxygen atoms in total. The monoisotopic (exact) mass is 1550 g/mol. The predicted molar refractivity (Wildman–Crippen MR) is 411 cm³/mol. The molecular formula is C78H116N14O19. The smallest absolute Gasteiger partial charge is 0.419 e. The number of aromatic nitrogens is 2. The third-order valence-electron chi connectivity index (χ3n) is 17.2. The molecule has 0 saturated heterocycles. The normalized spacial score (nSPS) is 14.9. The van der Waals surface area contributed by atoms with Crippen LogP contribution >= 0.6 is 0 Å². The maximum atomic E-state index is 15.0. The number of hydrazine groups is 1. The highest BCUT2D eigenvalue weighted by Crippen LogP contribution is 2.25. The van der Waals surface area contributed by atoms with Gasteiger partial charge in [-0.2, -0.15) is 0 Å². The molecule has 2 aromatic carbocycles. The number of carboxylic acids is 2. The SMILES string of the molecule is CC[C@H](C)[C@H](NC(=O)[C@H](Cc1ccccc1)NC(=O)[C@H](CCC(=O)OC(C)(C)C)NC(=O)[C@H](CCCCNN[C@@H](Cc1cccnc1)C(=O)N[C@@H](CCC(=O)O)C(=O)OC(C)(C)C)NC(=O)[C@H](C)NC(=O)[C@H](C)N)C(=O)N[C@@H](C)C(=O)N[C@@H](Cc1cn(C(=O)OC(C)(C)C)c2ccccc12)C(=O)N[C@@H](CC(C)C)C(=O)O. The number of rotatable bonds is 43. The van der Waals surface area contributed by atoms with Gasteiger partial charge in [-0.25, -0.2) is 19.8 Å². The number of nitrogens with one attached hydrogen (secondary N) is 11. The molecule has 9 amide bonds. The van der Waals surface area contributed by atoms with E-state index in [0.717, 1.165) is 0 Å². The number of carbonyl (C=O) groups is 14. The summed E-state index contributed by atoms with van der Waals surface area (Å²) in [7, 11) is 0. The van der Waals surface area contributed by atoms with Crippen LogP contribution in [0, 0.1) is 11.8 Å². The van der Waals surface area contributed by atoms with E-state index in [-0.39, 0.29) is 70.3 Å². The number of unbranched alkanes of at least 4 members (excludes halogenated alkanes) is 1. The summed E-state index contributed by atoms with van der Waals surface area (Å²) in [5.41, 5.74) is 10.9. The van der Waals surface area contributed by atoms with Crippen molar-refractivity contribution < 1.29 is 91.5 Å². The zero-order valence-corrected chi connectivity index (χ0v) is 66.6. The van der Waals surface area contributed by atoms with Gasteiger partial charge < -0.3 is 78.0 Å². The number of ether oxygens (including phenoxy) is 3. The Balaban J connectivity index is 1.67. The van der Waals surface area contributed by atoms with Crippen LogP contribution in [0.4, 0.5) is 4.79 Å². The minimum absolute atomic E-state index is 0.0342. The highest BCUT2D eigenvalue weighted by atomic mass is 16.6. The van der Waals surface area contributed by atoms with Gasteiger partial charge in [0.2, 0.25) is 53.2 Å². The second-order valence-corrected chi connectivity index (χ2v) is 31.1. The Hall–Kier alpha value is -10.4. The first kappa shape index (κ1) is 93.0. The number of amides is 9. The highest BCUT2D eigenvalue weighted by molar-refractivity contribution is 5.99. The lowest BCUT2D eigenvalue weighted by Crippen LogP contribution is -2.61. The minimum atomic E-state index is -1.65. The van der Waals surface area contributed by atoms with E-state index in [1.54, 1.807) is 163 Å². The summed E-state index contributed by atoms with van der Waals surface area (Å²) in [6, 6.07) is 3.59. The van der Waals surface area contributed by atoms with Crippen molar-refractivity contribution in [3.8, 4) is 0 Å². The molecule has 612 valence electrons. The number of esters is 2. The molecule has 0 aliphatic rings. The number of hydrogen-bond donors (Lipinski definition) is 14. The fourth-order valence-electron chi connectivity index (χ4n) is 11.3. The number of aliphatic carboxylic acids is 2. The molecule has 2 heterocycles. The van der Waals surface area contributed by atoms with Crippen LogP contribution in [0.1, 0.15) is 185 Å². The number of pyridine rings is 1. The summed E-state index contributed by atoms with van der Waals surface area (Å²) >= 11 is 0. The molecule has 2 aromatic heterocycles. The number of nitrogens with zero attached hydrogens (tertiary/aromatic N) is 2. The van der Waals surface area contributed by atoms with Crippen molar-refractivity contribution in [1.82, 2.24) is 68.3 Å². The van der Waals surface area contributed by atoms with Crippen LogP contribution in [0.2, 0.25) is 0 Å². The molecule has 0 aliphatic heterocycles. The number of para-hydroxylation sites is 1. The average Bonchev–Trinajstić information content (AvgIpc) is 1.63. The standard InChI is InChI=1S/C78H116N14O19/c1-17-45(4)63(72(104)83-48(7)66(98)87-57(69(101)89-59(73(105)106)38-44(2)3)41-51-43-92(75(108)111-78(14,15)16)60-31-22-21-29-52(51)60)90-70(102)56(39-49-26-19-18-20-27-49)88-68(100)54(33-35-62(95)109-76(8,9)10)85-67(99)53(84-65(97)47(6)82-64(96)46(5)79)30-23-24-37-81-91-58(40-50-28-25-36-80-42-50)71(103)86-55(32-34-61(93)94)74(107)110-77(11,12)13/h18-22,25-29,31,36,42-48,53-59,63,81,91H,17,23-24,30,32-35,37-41,79H2,1-16H3,(H,82,96)(H,83,104)(H,84,97)(H,85,99)(H,86,103)(H,87,98)(H,88,100)(H,89,101)(H,90,102)(H,93,94)(H,105,106)/t45-,46-,47-,48-,53-,54-,55-,56-,57-,58-,59-,63-/m0/s1. The van der Waals surface area contributed by atoms with Gasteiger partial charge >= 0.3 is 30.0 Å². The van der Waals surface area contributed by atoms with Crippen molar-refractivity contribution >= 4 is 94.0 Å². The first-order valence-electron chi connectivity index (χ1n) is 37.5. The number of carbonyl (C=O) groups excluding carboxylic acids is 12. The Kier molecular flexibility index (Phi) is 36.7. The number of fused-ring (bicyclic) bond motifs is 1. The molecule has 4 aromatic rings. The summed E-state index contributed by atoms with van der Waals surface area (Å²) in [6.07, 6.45) is 2.34. The van der Waals surface area contributed by atoms with E-state index in [2.05, 4.69) is 63.7 Å². The Morgan fingerprint density at radius 2 is 0.991 bits per heavy atom. The van der Waals surface area contributed by atoms with E-state index in [1.807, 2.05) is 0 Å². The summed E-state index contributed by atoms with van der Waals surface area (Å²) in [5.74, 6) is -12.6. The minimum Gasteiger partial charge on any atom is -0.481 e. The van der Waals surface area contributed by atoms with Gasteiger partial charge in [0.05, 0.1) is 11.6 Å². The van der Waals surface area contributed by atoms with Crippen LogP contribution in [-0.2, 0) is 95.8 Å². The Labute approximate surface area is 648 Å². The molecule has 0 spiro atoms. The lowest BCUT2D eigenvalue weighted by molar-refractivity contribution is -0.159. The quantitative estimate of drug-likeness (QED) is 0.0130. The van der Waals surface area contributed by atoms with Crippen LogP contribution in [0.25, 0.3) is 10.9 Å². The molecule has 0 radical (unpaired) electrons. The van der Waals surface area contributed by atoms with Gasteiger partial charge in [0.15, 0.2) is 0 Å². The van der Waals surface area contributed by atoms with E-state index in [9.17, 15) is 67.7 Å². The lowest BCUT2D eigenvalue weighted by Gasteiger charge is -2.29. The average molecular weight is 1550 g/mol. The maximum absolute atomic E-state index is 15.0. The molecule has 33 heteroatoms. The van der Waals surface area contributed by atoms with Gasteiger partial charge in [0.1, 0.15) is 77.2 Å². The summed E-state index contributed by atoms with van der Waals surface area (Å²) in [4.78, 5) is 197. The van der Waals surface area contributed by atoms with Crippen molar-refractivity contribution in [2.24, 2.45) is 17.6 Å². The molecule has 0 unspecified atom stereocenters. The largest absolute Gasteiger partial charge is 0.481 e. The first-order chi connectivity index (χ1) is 51.8. The van der Waals surface area contributed by atoms with Crippen LogP contribution in [0.5, 0.6) is 0 Å². The van der Waals surface area contributed by atoms with E-state index in [1.165, 1.54) is 37.7 Å². The van der Waals surface area contributed by atoms with Gasteiger partial charge in [-0.05, 0) is 169 Å². The molecule has 4 rings (SSSR count). The van der Waals surface area contributed by atoms with Crippen molar-refractivity contribution in [2.75, 3.05) is 6.54 Å². The van der Waals surface area contributed by atoms with Gasteiger partial charge in [-0.15, -0.1) is 0 Å². The highest BCUT2D eigenvalue weighted by Gasteiger charge is 2.38. The van der Waals surface area contributed by atoms with Gasteiger partial charge in [-0.1, -0.05) is 88.7 Å². The molecule has 0 fully saturated rings. The Morgan fingerprint density at radius 3 is 1.56 bits per heavy atom. The molecule has 0 bridgehead atoms. The van der Waals surface area contributed by atoms with Crippen molar-refractivity contribution in [3.05, 3.63) is 102 Å². The third-order valence-corrected chi connectivity index (χ3v) is 17.2. The zero-order valence-electron chi connectivity index (χ0n) is 66.6. The second-order valence-electron chi connectivity index (χ2n) is 31.1. The van der Waals surface area contributed by atoms with Crippen LogP contribution in [0.15, 0.2) is 85.3 Å². The predicted octanol–water partition coefficient (Wildman–Crippen LogP) is 3.74. The fourth-order valence-corrected chi connectivity index (χ4v) is 11.3. The number of hydrogen-bond acceptors (Lipinski definition) is 21. The molecule has 111 heavy (non-hydrogen) atoms. The van der Waals surface area contributed by atoms with Gasteiger partial charge in [0.25, 0.3) is 0 Å². The van der Waals surface area contributed by atoms with Gasteiger partial charge in [0, 0.05) is 56.2 Å². The Morgan fingerprint density at radius 1 is 0.495 bits per heavy atom.